The summed E-state index contributed by atoms with van der Waals surface area (Å²) in [5.74, 6) is 1.00. The summed E-state index contributed by atoms with van der Waals surface area (Å²) in [4.78, 5) is 11.6. The lowest BCUT2D eigenvalue weighted by Crippen LogP contribution is -2.30. The van der Waals surface area contributed by atoms with Crippen molar-refractivity contribution in [3.63, 3.8) is 0 Å². The van der Waals surface area contributed by atoms with Crippen LogP contribution in [0.2, 0.25) is 0 Å². The monoisotopic (exact) mass is 454 g/mol. The van der Waals surface area contributed by atoms with E-state index in [4.69, 9.17) is 14.2 Å². The zero-order chi connectivity index (χ0) is 22.9. The third-order valence-electron chi connectivity index (χ3n) is 5.00. The lowest BCUT2D eigenvalue weighted by Gasteiger charge is -2.25. The van der Waals surface area contributed by atoms with Gasteiger partial charge in [-0.2, -0.15) is 0 Å². The van der Waals surface area contributed by atoms with Gasteiger partial charge in [-0.1, -0.05) is 30.3 Å². The molecule has 8 nitrogen and oxygen atoms in total. The Morgan fingerprint density at radius 2 is 1.62 bits per heavy atom. The van der Waals surface area contributed by atoms with Crippen LogP contribution in [0.15, 0.2) is 65.6 Å². The van der Waals surface area contributed by atoms with Gasteiger partial charge in [0, 0.05) is 18.6 Å². The Morgan fingerprint density at radius 1 is 0.969 bits per heavy atom. The van der Waals surface area contributed by atoms with E-state index in [1.165, 1.54) is 37.6 Å². The first-order valence-corrected chi connectivity index (χ1v) is 11.2. The average molecular weight is 455 g/mol. The van der Waals surface area contributed by atoms with E-state index in [-0.39, 0.29) is 34.5 Å². The molecule has 1 heterocycles. The maximum atomic E-state index is 14.0. The number of benzene rings is 3. The van der Waals surface area contributed by atoms with Gasteiger partial charge in [0.05, 0.1) is 32.1 Å². The van der Waals surface area contributed by atoms with Crippen LogP contribution in [-0.2, 0) is 21.4 Å². The van der Waals surface area contributed by atoms with Crippen LogP contribution in [0, 0.1) is 0 Å². The van der Waals surface area contributed by atoms with E-state index in [9.17, 15) is 13.2 Å². The van der Waals surface area contributed by atoms with Gasteiger partial charge in [0.15, 0.2) is 5.75 Å². The first-order valence-electron chi connectivity index (χ1n) is 9.76. The van der Waals surface area contributed by atoms with E-state index < -0.39 is 10.0 Å². The quantitative estimate of drug-likeness (QED) is 0.622. The molecule has 0 bridgehead atoms. The molecule has 0 unspecified atom stereocenters. The largest absolute Gasteiger partial charge is 0.495 e. The zero-order valence-electron chi connectivity index (χ0n) is 17.8. The van der Waals surface area contributed by atoms with Crippen molar-refractivity contribution >= 4 is 27.3 Å². The summed E-state index contributed by atoms with van der Waals surface area (Å²) in [6.45, 7) is 1.39. The van der Waals surface area contributed by atoms with E-state index in [1.54, 1.807) is 30.3 Å². The lowest BCUT2D eigenvalue weighted by molar-refractivity contribution is -0.114. The molecular weight excluding hydrogens is 432 g/mol. The number of ether oxygens (including phenoxy) is 3. The highest BCUT2D eigenvalue weighted by Crippen LogP contribution is 2.44. The molecule has 0 saturated heterocycles. The Bertz CT molecular complexity index is 1290. The fourth-order valence-electron chi connectivity index (χ4n) is 3.53. The minimum absolute atomic E-state index is 0.0557. The van der Waals surface area contributed by atoms with Crippen LogP contribution in [0.25, 0.3) is 0 Å². The molecule has 0 atom stereocenters. The van der Waals surface area contributed by atoms with Crippen molar-refractivity contribution in [2.45, 2.75) is 18.4 Å². The number of hydrogen-bond acceptors (Lipinski definition) is 6. The second-order valence-electron chi connectivity index (χ2n) is 7.07. The zero-order valence-corrected chi connectivity index (χ0v) is 18.6. The molecular formula is C23H22N2O6S. The van der Waals surface area contributed by atoms with Gasteiger partial charge in [0.25, 0.3) is 10.0 Å². The number of rotatable bonds is 5. The number of sulfonamides is 1. The highest BCUT2D eigenvalue weighted by molar-refractivity contribution is 7.93. The summed E-state index contributed by atoms with van der Waals surface area (Å²) in [6, 6.07) is 17.0. The first kappa shape index (κ1) is 21.5. The number of hydrogen-bond donors (Lipinski definition) is 1. The van der Waals surface area contributed by atoms with Gasteiger partial charge >= 0.3 is 0 Å². The Hall–Kier alpha value is -3.72. The number of amides is 1. The Balaban J connectivity index is 1.92. The summed E-state index contributed by atoms with van der Waals surface area (Å²) >= 11 is 0. The van der Waals surface area contributed by atoms with Gasteiger partial charge in [0.1, 0.15) is 22.1 Å². The molecule has 1 aliphatic heterocycles. The SMILES string of the molecule is COc1cc(OC)c(S(=O)(=O)N2Cc3ccccc3Oc3ccccc32)cc1NC(C)=O. The maximum absolute atomic E-state index is 14.0. The predicted octanol–water partition coefficient (Wildman–Crippen LogP) is 4.16. The van der Waals surface area contributed by atoms with Gasteiger partial charge in [-0.3, -0.25) is 9.10 Å². The standard InChI is InChI=1S/C23H22N2O6S/c1-15(26)24-17-12-23(22(30-3)13-21(17)29-2)32(27,28)25-14-16-8-4-6-10-19(16)31-20-11-7-5-9-18(20)25/h4-13H,14H2,1-3H3,(H,24,26). The predicted molar refractivity (Wildman–Crippen MR) is 120 cm³/mol. The second-order valence-corrected chi connectivity index (χ2v) is 8.90. The fraction of sp³-hybridized carbons (Fsp3) is 0.174. The van der Waals surface area contributed by atoms with Crippen molar-refractivity contribution in [2.75, 3.05) is 23.8 Å². The van der Waals surface area contributed by atoms with Crippen LogP contribution >= 0.6 is 0 Å². The summed E-state index contributed by atoms with van der Waals surface area (Å²) < 4.78 is 45.9. The molecule has 3 aromatic rings. The molecule has 1 amide bonds. The summed E-state index contributed by atoms with van der Waals surface area (Å²) in [7, 11) is -1.35. The van der Waals surface area contributed by atoms with E-state index in [2.05, 4.69) is 5.32 Å². The van der Waals surface area contributed by atoms with Crippen LogP contribution in [0.5, 0.6) is 23.0 Å². The summed E-state index contributed by atoms with van der Waals surface area (Å²) in [6.07, 6.45) is 0. The van der Waals surface area contributed by atoms with E-state index in [0.717, 1.165) is 0 Å². The van der Waals surface area contributed by atoms with Crippen molar-refractivity contribution in [1.82, 2.24) is 0 Å². The molecule has 0 aliphatic carbocycles. The minimum Gasteiger partial charge on any atom is -0.495 e. The number of carbonyl (C=O) groups is 1. The van der Waals surface area contributed by atoms with Crippen molar-refractivity contribution in [3.05, 3.63) is 66.2 Å². The number of carbonyl (C=O) groups excluding carboxylic acids is 1. The van der Waals surface area contributed by atoms with Crippen LogP contribution in [0.4, 0.5) is 11.4 Å². The topological polar surface area (TPSA) is 94.2 Å². The highest BCUT2D eigenvalue weighted by Gasteiger charge is 2.34. The molecule has 0 spiro atoms. The van der Waals surface area contributed by atoms with E-state index in [0.29, 0.717) is 22.7 Å². The molecule has 1 aliphatic rings. The van der Waals surface area contributed by atoms with Crippen molar-refractivity contribution < 1.29 is 27.4 Å². The van der Waals surface area contributed by atoms with Crippen molar-refractivity contribution in [1.29, 1.82) is 0 Å². The summed E-state index contributed by atoms with van der Waals surface area (Å²) in [5, 5.41) is 2.61. The van der Waals surface area contributed by atoms with E-state index in [1.807, 2.05) is 18.2 Å². The van der Waals surface area contributed by atoms with Gasteiger partial charge in [-0.15, -0.1) is 0 Å². The number of methoxy groups -OCH3 is 2. The smallest absolute Gasteiger partial charge is 0.268 e. The molecule has 4 rings (SSSR count). The van der Waals surface area contributed by atoms with Crippen LogP contribution < -0.4 is 23.8 Å². The number of para-hydroxylation sites is 3. The highest BCUT2D eigenvalue weighted by atomic mass is 32.2. The molecule has 0 fully saturated rings. The fourth-order valence-corrected chi connectivity index (χ4v) is 5.15. The number of nitrogens with zero attached hydrogens (tertiary/aromatic N) is 1. The molecule has 32 heavy (non-hydrogen) atoms. The molecule has 0 aromatic heterocycles. The van der Waals surface area contributed by atoms with E-state index >= 15 is 0 Å². The third kappa shape index (κ3) is 3.82. The molecule has 9 heteroatoms. The van der Waals surface area contributed by atoms with Crippen LogP contribution in [0.3, 0.4) is 0 Å². The normalized spacial score (nSPS) is 12.7. The third-order valence-corrected chi connectivity index (χ3v) is 6.79. The molecule has 0 saturated carbocycles. The molecule has 166 valence electrons. The number of nitrogens with one attached hydrogen (secondary N) is 1. The molecule has 0 radical (unpaired) electrons. The van der Waals surface area contributed by atoms with Crippen LogP contribution in [-0.4, -0.2) is 28.5 Å². The van der Waals surface area contributed by atoms with Gasteiger partial charge in [-0.25, -0.2) is 8.42 Å². The Morgan fingerprint density at radius 3 is 2.31 bits per heavy atom. The second kappa shape index (κ2) is 8.43. The molecule has 1 N–H and O–H groups in total. The van der Waals surface area contributed by atoms with Crippen molar-refractivity contribution in [2.24, 2.45) is 0 Å². The average Bonchev–Trinajstić information content (AvgIpc) is 2.95. The van der Waals surface area contributed by atoms with Gasteiger partial charge in [0.2, 0.25) is 5.91 Å². The van der Waals surface area contributed by atoms with Crippen molar-refractivity contribution in [3.8, 4) is 23.0 Å². The minimum atomic E-state index is -4.15. The van der Waals surface area contributed by atoms with Crippen LogP contribution in [0.1, 0.15) is 12.5 Å². The molecule has 3 aromatic carbocycles. The summed E-state index contributed by atoms with van der Waals surface area (Å²) in [5.41, 5.74) is 1.32. The first-order chi connectivity index (χ1) is 15.3. The number of anilines is 2. The maximum Gasteiger partial charge on any atom is 0.268 e. The Kier molecular flexibility index (Phi) is 5.67. The number of fused-ring (bicyclic) bond motifs is 2. The lowest BCUT2D eigenvalue weighted by atomic mass is 10.2. The van der Waals surface area contributed by atoms with Gasteiger partial charge in [-0.05, 0) is 24.3 Å². The Labute approximate surface area is 186 Å². The van der Waals surface area contributed by atoms with Gasteiger partial charge < -0.3 is 19.5 Å².